The van der Waals surface area contributed by atoms with E-state index in [1.54, 1.807) is 6.26 Å². The topological polar surface area (TPSA) is 49.0 Å². The Morgan fingerprint density at radius 2 is 2.41 bits per heavy atom. The highest BCUT2D eigenvalue weighted by Gasteiger charge is 2.12. The summed E-state index contributed by atoms with van der Waals surface area (Å²) in [5.41, 5.74) is 1.53. The van der Waals surface area contributed by atoms with E-state index >= 15 is 0 Å². The predicted octanol–water partition coefficient (Wildman–Crippen LogP) is 3.32. The molecule has 1 atom stereocenters. The molecule has 0 bridgehead atoms. The number of nitrogens with zero attached hydrogens (tertiary/aromatic N) is 1. The molecule has 0 amide bonds. The molecular formula is C14H18N2O. The molecular weight excluding hydrogens is 212 g/mol. The maximum atomic E-state index is 9.05. The number of nitriles is 1. The quantitative estimate of drug-likeness (QED) is 0.789. The molecule has 0 spiro atoms. The first-order valence-corrected chi connectivity index (χ1v) is 6.24. The van der Waals surface area contributed by atoms with Crippen molar-refractivity contribution < 1.29 is 4.42 Å². The molecule has 1 aromatic rings. The zero-order valence-corrected chi connectivity index (χ0v) is 9.98. The van der Waals surface area contributed by atoms with E-state index < -0.39 is 0 Å². The van der Waals surface area contributed by atoms with Crippen LogP contribution in [0.5, 0.6) is 0 Å². The van der Waals surface area contributed by atoms with Crippen molar-refractivity contribution in [2.45, 2.75) is 38.1 Å². The highest BCUT2D eigenvalue weighted by molar-refractivity contribution is 5.13. The van der Waals surface area contributed by atoms with E-state index in [1.165, 1.54) is 31.3 Å². The molecule has 3 nitrogen and oxygen atoms in total. The van der Waals surface area contributed by atoms with Gasteiger partial charge in [-0.15, -0.1) is 0 Å². The van der Waals surface area contributed by atoms with Gasteiger partial charge < -0.3 is 4.42 Å². The molecule has 90 valence electrons. The van der Waals surface area contributed by atoms with Crippen molar-refractivity contribution >= 4 is 0 Å². The Morgan fingerprint density at radius 1 is 1.47 bits per heavy atom. The lowest BCUT2D eigenvalue weighted by atomic mass is 9.97. The minimum absolute atomic E-state index is 0.325. The zero-order valence-electron chi connectivity index (χ0n) is 9.98. The van der Waals surface area contributed by atoms with Crippen LogP contribution in [0.1, 0.15) is 43.9 Å². The van der Waals surface area contributed by atoms with Crippen LogP contribution < -0.4 is 5.32 Å². The maximum absolute atomic E-state index is 9.05. The second-order valence-electron chi connectivity index (χ2n) is 4.39. The van der Waals surface area contributed by atoms with E-state index in [9.17, 15) is 0 Å². The average molecular weight is 230 g/mol. The van der Waals surface area contributed by atoms with E-state index in [2.05, 4.69) is 17.5 Å². The zero-order chi connectivity index (χ0) is 11.9. The number of allylic oxidation sites excluding steroid dienone is 1. The number of hydrogen-bond donors (Lipinski definition) is 1. The number of furan rings is 1. The summed E-state index contributed by atoms with van der Waals surface area (Å²) in [4.78, 5) is 0. The van der Waals surface area contributed by atoms with Gasteiger partial charge in [0.25, 0.3) is 0 Å². The Hall–Kier alpha value is -1.53. The third-order valence-corrected chi connectivity index (χ3v) is 3.14. The molecule has 0 saturated heterocycles. The van der Waals surface area contributed by atoms with Crippen LogP contribution in [0.15, 0.2) is 34.5 Å². The lowest BCUT2D eigenvalue weighted by molar-refractivity contribution is 0.457. The van der Waals surface area contributed by atoms with Gasteiger partial charge in [0, 0.05) is 6.54 Å². The van der Waals surface area contributed by atoms with E-state index in [0.717, 1.165) is 13.0 Å². The molecule has 0 radical (unpaired) electrons. The standard InChI is InChI=1S/C14H18N2O/c15-11-13(14-7-4-10-17-14)16-9-8-12-5-2-1-3-6-12/h4-5,7,10,13,16H,1-3,6,8-9H2. The van der Waals surface area contributed by atoms with Crippen molar-refractivity contribution in [3.05, 3.63) is 35.8 Å². The summed E-state index contributed by atoms with van der Waals surface area (Å²) in [7, 11) is 0. The van der Waals surface area contributed by atoms with E-state index in [4.69, 9.17) is 9.68 Å². The van der Waals surface area contributed by atoms with Gasteiger partial charge in [0.05, 0.1) is 12.3 Å². The third kappa shape index (κ3) is 3.47. The van der Waals surface area contributed by atoms with Gasteiger partial charge in [0.15, 0.2) is 6.04 Å². The van der Waals surface area contributed by atoms with Crippen LogP contribution in [0.2, 0.25) is 0 Å². The summed E-state index contributed by atoms with van der Waals surface area (Å²) in [6.45, 7) is 0.838. The van der Waals surface area contributed by atoms with Crippen molar-refractivity contribution in [2.75, 3.05) is 6.54 Å². The first-order valence-electron chi connectivity index (χ1n) is 6.24. The minimum atomic E-state index is -0.325. The SMILES string of the molecule is N#CC(NCCC1=CCCCC1)c1ccco1. The molecule has 1 heterocycles. The van der Waals surface area contributed by atoms with Gasteiger partial charge in [0.2, 0.25) is 0 Å². The van der Waals surface area contributed by atoms with Crippen molar-refractivity contribution in [3.8, 4) is 6.07 Å². The molecule has 0 saturated carbocycles. The van der Waals surface area contributed by atoms with E-state index in [0.29, 0.717) is 5.76 Å². The first-order chi connectivity index (χ1) is 8.40. The van der Waals surface area contributed by atoms with Gasteiger partial charge in [-0.1, -0.05) is 11.6 Å². The van der Waals surface area contributed by atoms with Crippen LogP contribution in [0.3, 0.4) is 0 Å². The Balaban J connectivity index is 1.77. The lowest BCUT2D eigenvalue weighted by Crippen LogP contribution is -2.21. The van der Waals surface area contributed by atoms with Crippen LogP contribution >= 0.6 is 0 Å². The summed E-state index contributed by atoms with van der Waals surface area (Å²) >= 11 is 0. The molecule has 2 rings (SSSR count). The van der Waals surface area contributed by atoms with Crippen LogP contribution in [-0.2, 0) is 0 Å². The van der Waals surface area contributed by atoms with Gasteiger partial charge in [-0.3, -0.25) is 5.32 Å². The van der Waals surface area contributed by atoms with Gasteiger partial charge >= 0.3 is 0 Å². The smallest absolute Gasteiger partial charge is 0.154 e. The molecule has 17 heavy (non-hydrogen) atoms. The Kier molecular flexibility index (Phi) is 4.40. The molecule has 0 fully saturated rings. The normalized spacial score (nSPS) is 17.2. The number of rotatable bonds is 5. The second kappa shape index (κ2) is 6.27. The van der Waals surface area contributed by atoms with Crippen LogP contribution in [0, 0.1) is 11.3 Å². The number of nitrogens with one attached hydrogen (secondary N) is 1. The van der Waals surface area contributed by atoms with Crippen molar-refractivity contribution in [1.82, 2.24) is 5.32 Å². The Bertz CT molecular complexity index is 400. The van der Waals surface area contributed by atoms with Gasteiger partial charge in [-0.05, 0) is 44.2 Å². The Morgan fingerprint density at radius 3 is 3.06 bits per heavy atom. The molecule has 1 unspecified atom stereocenters. The first kappa shape index (κ1) is 11.9. The van der Waals surface area contributed by atoms with Crippen LogP contribution in [-0.4, -0.2) is 6.54 Å². The summed E-state index contributed by atoms with van der Waals surface area (Å²) < 4.78 is 5.23. The van der Waals surface area contributed by atoms with Crippen LogP contribution in [0.25, 0.3) is 0 Å². The summed E-state index contributed by atoms with van der Waals surface area (Å²) in [5.74, 6) is 0.699. The fourth-order valence-electron chi connectivity index (χ4n) is 2.17. The van der Waals surface area contributed by atoms with E-state index in [1.807, 2.05) is 12.1 Å². The highest BCUT2D eigenvalue weighted by Crippen LogP contribution is 2.20. The molecule has 0 aliphatic heterocycles. The van der Waals surface area contributed by atoms with Crippen molar-refractivity contribution in [1.29, 1.82) is 5.26 Å². The fourth-order valence-corrected chi connectivity index (χ4v) is 2.17. The second-order valence-corrected chi connectivity index (χ2v) is 4.39. The highest BCUT2D eigenvalue weighted by atomic mass is 16.3. The molecule has 1 aromatic heterocycles. The third-order valence-electron chi connectivity index (χ3n) is 3.14. The van der Waals surface area contributed by atoms with Crippen LogP contribution in [0.4, 0.5) is 0 Å². The van der Waals surface area contributed by atoms with Crippen molar-refractivity contribution in [3.63, 3.8) is 0 Å². The summed E-state index contributed by atoms with van der Waals surface area (Å²) in [6.07, 6.45) is 10.1. The largest absolute Gasteiger partial charge is 0.467 e. The Labute approximate surface area is 102 Å². The molecule has 0 aromatic carbocycles. The fraction of sp³-hybridized carbons (Fsp3) is 0.500. The van der Waals surface area contributed by atoms with E-state index in [-0.39, 0.29) is 6.04 Å². The molecule has 1 aliphatic rings. The molecule has 3 heteroatoms. The minimum Gasteiger partial charge on any atom is -0.467 e. The monoisotopic (exact) mass is 230 g/mol. The molecule has 1 aliphatic carbocycles. The van der Waals surface area contributed by atoms with Gasteiger partial charge in [-0.2, -0.15) is 5.26 Å². The van der Waals surface area contributed by atoms with Gasteiger partial charge in [0.1, 0.15) is 5.76 Å². The van der Waals surface area contributed by atoms with Crippen molar-refractivity contribution in [2.24, 2.45) is 0 Å². The predicted molar refractivity (Wildman–Crippen MR) is 66.2 cm³/mol. The van der Waals surface area contributed by atoms with Gasteiger partial charge in [-0.25, -0.2) is 0 Å². The number of hydrogen-bond acceptors (Lipinski definition) is 3. The summed E-state index contributed by atoms with van der Waals surface area (Å²) in [6, 6.07) is 5.54. The summed E-state index contributed by atoms with van der Waals surface area (Å²) in [5, 5.41) is 12.3. The lowest BCUT2D eigenvalue weighted by Gasteiger charge is -2.14. The average Bonchev–Trinajstić information content (AvgIpc) is 2.90. The molecule has 1 N–H and O–H groups in total. The maximum Gasteiger partial charge on any atom is 0.154 e.